The first kappa shape index (κ1) is 11.3. The molecule has 0 radical (unpaired) electrons. The number of hydrogen-bond acceptors (Lipinski definition) is 5. The Morgan fingerprint density at radius 3 is 3.12 bits per heavy atom. The molecule has 0 fully saturated rings. The molecule has 0 aromatic carbocycles. The number of methoxy groups -OCH3 is 1. The van der Waals surface area contributed by atoms with Gasteiger partial charge in [-0.2, -0.15) is 0 Å². The smallest absolute Gasteiger partial charge is 0.305 e. The zero-order valence-electron chi connectivity index (χ0n) is 8.57. The van der Waals surface area contributed by atoms with Crippen LogP contribution in [0, 0.1) is 0 Å². The molecule has 0 aliphatic carbocycles. The molecule has 0 amide bonds. The molecule has 0 spiro atoms. The van der Waals surface area contributed by atoms with Gasteiger partial charge in [0, 0.05) is 11.8 Å². The van der Waals surface area contributed by atoms with Gasteiger partial charge in [-0.1, -0.05) is 11.6 Å². The van der Waals surface area contributed by atoms with Gasteiger partial charge in [-0.05, 0) is 11.4 Å². The molecule has 0 aliphatic heterocycles. The van der Waals surface area contributed by atoms with E-state index in [1.807, 2.05) is 11.4 Å². The number of carbonyl (C=O) groups is 1. The summed E-state index contributed by atoms with van der Waals surface area (Å²) in [5.41, 5.74) is 0. The van der Waals surface area contributed by atoms with Crippen molar-refractivity contribution in [1.82, 2.24) is 9.97 Å². The summed E-state index contributed by atoms with van der Waals surface area (Å²) in [5, 5.41) is 3.20. The van der Waals surface area contributed by atoms with Crippen LogP contribution in [0.1, 0.15) is 12.2 Å². The highest BCUT2D eigenvalue weighted by Gasteiger charge is 2.08. The van der Waals surface area contributed by atoms with E-state index in [9.17, 15) is 4.79 Å². The molecule has 2 aromatic heterocycles. The fraction of sp³-hybridized carbons (Fsp3) is 0.300. The normalized spacial score (nSPS) is 10.6. The molecule has 0 N–H and O–H groups in total. The van der Waals surface area contributed by atoms with Crippen LogP contribution in [0.2, 0.25) is 5.15 Å². The van der Waals surface area contributed by atoms with Crippen molar-refractivity contribution < 1.29 is 9.53 Å². The third-order valence-corrected chi connectivity index (χ3v) is 3.20. The van der Waals surface area contributed by atoms with Crippen molar-refractivity contribution >= 4 is 39.1 Å². The minimum absolute atomic E-state index is 0.268. The van der Waals surface area contributed by atoms with E-state index in [0.717, 1.165) is 10.2 Å². The maximum Gasteiger partial charge on any atom is 0.305 e. The number of thiophene rings is 1. The molecule has 0 atom stereocenters. The summed E-state index contributed by atoms with van der Waals surface area (Å²) in [5.74, 6) is 0.302. The van der Waals surface area contributed by atoms with Crippen LogP contribution in [-0.2, 0) is 16.0 Å². The first-order chi connectivity index (χ1) is 7.70. The fourth-order valence-corrected chi connectivity index (χ4v) is 2.38. The van der Waals surface area contributed by atoms with Crippen molar-refractivity contribution in [1.29, 1.82) is 0 Å². The first-order valence-electron chi connectivity index (χ1n) is 4.67. The van der Waals surface area contributed by atoms with Crippen molar-refractivity contribution in [2.24, 2.45) is 0 Å². The van der Waals surface area contributed by atoms with Crippen molar-refractivity contribution in [3.05, 3.63) is 22.4 Å². The van der Waals surface area contributed by atoms with Crippen LogP contribution in [0.5, 0.6) is 0 Å². The molecule has 0 unspecified atom stereocenters. The molecule has 0 bridgehead atoms. The van der Waals surface area contributed by atoms with E-state index in [1.165, 1.54) is 18.4 Å². The van der Waals surface area contributed by atoms with Gasteiger partial charge in [0.15, 0.2) is 0 Å². The van der Waals surface area contributed by atoms with Crippen molar-refractivity contribution in [2.45, 2.75) is 12.8 Å². The van der Waals surface area contributed by atoms with Crippen molar-refractivity contribution in [2.75, 3.05) is 7.11 Å². The van der Waals surface area contributed by atoms with E-state index in [1.54, 1.807) is 0 Å². The number of ether oxygens (including phenoxy) is 1. The van der Waals surface area contributed by atoms with Crippen LogP contribution in [0.3, 0.4) is 0 Å². The standard InChI is InChI=1S/C10H9ClN2O2S/c1-15-8(14)3-2-7-12-9(11)6-4-5-16-10(6)13-7/h4-5H,2-3H2,1H3. The summed E-state index contributed by atoms with van der Waals surface area (Å²) in [7, 11) is 1.36. The molecule has 2 rings (SSSR count). The van der Waals surface area contributed by atoms with Crippen LogP contribution in [-0.4, -0.2) is 23.0 Å². The average Bonchev–Trinajstić information content (AvgIpc) is 2.74. The van der Waals surface area contributed by atoms with Crippen LogP contribution >= 0.6 is 22.9 Å². The van der Waals surface area contributed by atoms with Crippen molar-refractivity contribution in [3.63, 3.8) is 0 Å². The highest BCUT2D eigenvalue weighted by atomic mass is 35.5. The zero-order chi connectivity index (χ0) is 11.5. The van der Waals surface area contributed by atoms with Crippen LogP contribution < -0.4 is 0 Å². The van der Waals surface area contributed by atoms with Gasteiger partial charge < -0.3 is 4.74 Å². The maximum atomic E-state index is 11.0. The topological polar surface area (TPSA) is 52.1 Å². The first-order valence-corrected chi connectivity index (χ1v) is 5.93. The van der Waals surface area contributed by atoms with Gasteiger partial charge in [0.05, 0.1) is 13.5 Å². The number of hydrogen-bond donors (Lipinski definition) is 0. The predicted octanol–water partition coefficient (Wildman–Crippen LogP) is 2.45. The second-order valence-electron chi connectivity index (χ2n) is 3.15. The van der Waals surface area contributed by atoms with E-state index in [2.05, 4.69) is 14.7 Å². The second-order valence-corrected chi connectivity index (χ2v) is 4.40. The molecule has 0 saturated carbocycles. The molecule has 0 saturated heterocycles. The van der Waals surface area contributed by atoms with E-state index in [-0.39, 0.29) is 12.4 Å². The van der Waals surface area contributed by atoms with E-state index in [4.69, 9.17) is 11.6 Å². The lowest BCUT2D eigenvalue weighted by atomic mass is 10.3. The molecule has 0 aliphatic rings. The third-order valence-electron chi connectivity index (χ3n) is 2.11. The van der Waals surface area contributed by atoms with E-state index < -0.39 is 0 Å². The maximum absolute atomic E-state index is 11.0. The van der Waals surface area contributed by atoms with Crippen LogP contribution in [0.4, 0.5) is 0 Å². The minimum Gasteiger partial charge on any atom is -0.469 e. The number of aryl methyl sites for hydroxylation is 1. The Balaban J connectivity index is 2.21. The molecule has 2 aromatic rings. The Labute approximate surface area is 101 Å². The summed E-state index contributed by atoms with van der Waals surface area (Å²) in [6.45, 7) is 0. The van der Waals surface area contributed by atoms with Gasteiger partial charge in [-0.15, -0.1) is 11.3 Å². The molecule has 6 heteroatoms. The van der Waals surface area contributed by atoms with Gasteiger partial charge in [-0.25, -0.2) is 9.97 Å². The largest absolute Gasteiger partial charge is 0.469 e. The van der Waals surface area contributed by atoms with Gasteiger partial charge in [0.1, 0.15) is 15.8 Å². The number of carbonyl (C=O) groups excluding carboxylic acids is 1. The second kappa shape index (κ2) is 4.76. The summed E-state index contributed by atoms with van der Waals surface area (Å²) in [4.78, 5) is 20.3. The van der Waals surface area contributed by atoms with Gasteiger partial charge >= 0.3 is 5.97 Å². The molecule has 16 heavy (non-hydrogen) atoms. The van der Waals surface area contributed by atoms with Crippen LogP contribution in [0.15, 0.2) is 11.4 Å². The van der Waals surface area contributed by atoms with E-state index in [0.29, 0.717) is 17.4 Å². The van der Waals surface area contributed by atoms with Crippen LogP contribution in [0.25, 0.3) is 10.2 Å². The van der Waals surface area contributed by atoms with Gasteiger partial charge in [-0.3, -0.25) is 4.79 Å². The number of rotatable bonds is 3. The SMILES string of the molecule is COC(=O)CCc1nc(Cl)c2ccsc2n1. The highest BCUT2D eigenvalue weighted by Crippen LogP contribution is 2.24. The summed E-state index contributed by atoms with van der Waals surface area (Å²) >= 11 is 7.50. The predicted molar refractivity (Wildman–Crippen MR) is 62.8 cm³/mol. The molecule has 2 heterocycles. The molecule has 4 nitrogen and oxygen atoms in total. The lowest BCUT2D eigenvalue weighted by Crippen LogP contribution is -2.04. The third kappa shape index (κ3) is 2.31. The molecular formula is C10H9ClN2O2S. The monoisotopic (exact) mass is 256 g/mol. The lowest BCUT2D eigenvalue weighted by Gasteiger charge is -2.00. The van der Waals surface area contributed by atoms with Gasteiger partial charge in [0.25, 0.3) is 0 Å². The fourth-order valence-electron chi connectivity index (χ4n) is 1.29. The highest BCUT2D eigenvalue weighted by molar-refractivity contribution is 7.16. The molecule has 84 valence electrons. The zero-order valence-corrected chi connectivity index (χ0v) is 10.1. The molecular weight excluding hydrogens is 248 g/mol. The van der Waals surface area contributed by atoms with Gasteiger partial charge in [0.2, 0.25) is 0 Å². The summed E-state index contributed by atoms with van der Waals surface area (Å²) < 4.78 is 4.55. The Morgan fingerprint density at radius 2 is 2.38 bits per heavy atom. The minimum atomic E-state index is -0.272. The quantitative estimate of drug-likeness (QED) is 0.625. The number of fused-ring (bicyclic) bond motifs is 1. The Kier molecular flexibility index (Phi) is 3.36. The number of aromatic nitrogens is 2. The lowest BCUT2D eigenvalue weighted by molar-refractivity contribution is -0.140. The number of halogens is 1. The number of nitrogens with zero attached hydrogens (tertiary/aromatic N) is 2. The Bertz CT molecular complexity index is 527. The Hall–Kier alpha value is -1.20. The average molecular weight is 257 g/mol. The summed E-state index contributed by atoms with van der Waals surface area (Å²) in [6, 6.07) is 1.88. The Morgan fingerprint density at radius 1 is 1.56 bits per heavy atom. The summed E-state index contributed by atoms with van der Waals surface area (Å²) in [6.07, 6.45) is 0.712. The number of esters is 1. The van der Waals surface area contributed by atoms with Crippen molar-refractivity contribution in [3.8, 4) is 0 Å². The van der Waals surface area contributed by atoms with E-state index >= 15 is 0 Å².